The van der Waals surface area contributed by atoms with Gasteiger partial charge in [-0.05, 0) is 92.6 Å². The summed E-state index contributed by atoms with van der Waals surface area (Å²) in [4.78, 5) is 17.4. The third kappa shape index (κ3) is 5.20. The summed E-state index contributed by atoms with van der Waals surface area (Å²) in [5.41, 5.74) is 4.84. The van der Waals surface area contributed by atoms with Gasteiger partial charge >= 0.3 is 0 Å². The molecule has 0 bridgehead atoms. The van der Waals surface area contributed by atoms with Crippen molar-refractivity contribution in [1.29, 1.82) is 0 Å². The number of aromatic amines is 1. The number of aromatic nitrogens is 2. The summed E-state index contributed by atoms with van der Waals surface area (Å²) in [7, 11) is -2.22. The fourth-order valence-electron chi connectivity index (χ4n) is 3.48. The summed E-state index contributed by atoms with van der Waals surface area (Å²) in [6.07, 6.45) is 1.49. The van der Waals surface area contributed by atoms with Crippen LogP contribution in [0.15, 0.2) is 81.4 Å². The highest BCUT2D eigenvalue weighted by Crippen LogP contribution is 2.21. The van der Waals surface area contributed by atoms with E-state index in [4.69, 9.17) is 4.74 Å². The minimum absolute atomic E-state index is 0.0992. The second-order valence-electron chi connectivity index (χ2n) is 8.15. The van der Waals surface area contributed by atoms with E-state index in [9.17, 15) is 13.2 Å². The molecule has 4 rings (SSSR count). The number of sulfonamides is 1. The Hall–Kier alpha value is -4.11. The van der Waals surface area contributed by atoms with Crippen LogP contribution in [0.3, 0.4) is 0 Å². The standard InChI is InChI=1S/C26H26N4O4S/c1-17-5-10-22(15-18(17)2)30-26(31)25(19(3)28-30)16-27-20-8-13-24(14-9-20)35(32,33)29-21-6-11-23(34-4)12-7-21/h5-16,28-29H,1-4H3. The molecule has 0 unspecified atom stereocenters. The summed E-state index contributed by atoms with van der Waals surface area (Å²) in [5.74, 6) is 0.633. The summed E-state index contributed by atoms with van der Waals surface area (Å²) in [5, 5.41) is 3.09. The number of aliphatic imine (C=N–C) groups is 1. The summed E-state index contributed by atoms with van der Waals surface area (Å²) in [6, 6.07) is 18.5. The van der Waals surface area contributed by atoms with Gasteiger partial charge in [0.1, 0.15) is 5.75 Å². The second kappa shape index (κ2) is 9.63. The Labute approximate surface area is 204 Å². The molecule has 0 spiro atoms. The van der Waals surface area contributed by atoms with Crippen molar-refractivity contribution in [3.05, 3.63) is 99.5 Å². The molecule has 9 heteroatoms. The van der Waals surface area contributed by atoms with E-state index in [1.807, 2.05) is 32.0 Å². The van der Waals surface area contributed by atoms with E-state index >= 15 is 0 Å². The molecule has 1 heterocycles. The van der Waals surface area contributed by atoms with Gasteiger partial charge in [-0.15, -0.1) is 0 Å². The molecule has 0 atom stereocenters. The molecule has 0 saturated carbocycles. The molecular formula is C26H26N4O4S. The molecule has 0 fully saturated rings. The molecule has 0 aliphatic carbocycles. The zero-order chi connectivity index (χ0) is 25.2. The number of hydrogen-bond donors (Lipinski definition) is 2. The first-order chi connectivity index (χ1) is 16.7. The highest BCUT2D eigenvalue weighted by atomic mass is 32.2. The zero-order valence-electron chi connectivity index (χ0n) is 19.9. The number of aryl methyl sites for hydroxylation is 3. The van der Waals surface area contributed by atoms with Crippen molar-refractivity contribution in [1.82, 2.24) is 9.78 Å². The maximum absolute atomic E-state index is 13.0. The number of nitrogens with one attached hydrogen (secondary N) is 2. The van der Waals surface area contributed by atoms with Gasteiger partial charge in [-0.3, -0.25) is 19.6 Å². The average molecular weight is 491 g/mol. The van der Waals surface area contributed by atoms with Gasteiger partial charge in [0, 0.05) is 17.6 Å². The van der Waals surface area contributed by atoms with Crippen LogP contribution >= 0.6 is 0 Å². The molecule has 2 N–H and O–H groups in total. The molecule has 3 aromatic carbocycles. The number of rotatable bonds is 7. The van der Waals surface area contributed by atoms with Crippen molar-refractivity contribution in [2.24, 2.45) is 4.99 Å². The number of H-pyrrole nitrogens is 1. The predicted molar refractivity (Wildman–Crippen MR) is 138 cm³/mol. The van der Waals surface area contributed by atoms with Crippen molar-refractivity contribution in [3.63, 3.8) is 0 Å². The highest BCUT2D eigenvalue weighted by Gasteiger charge is 2.15. The lowest BCUT2D eigenvalue weighted by Gasteiger charge is -2.09. The molecule has 8 nitrogen and oxygen atoms in total. The molecule has 35 heavy (non-hydrogen) atoms. The van der Waals surface area contributed by atoms with Crippen LogP contribution in [0.1, 0.15) is 22.4 Å². The van der Waals surface area contributed by atoms with E-state index in [0.717, 1.165) is 16.8 Å². The lowest BCUT2D eigenvalue weighted by Crippen LogP contribution is -2.17. The smallest absolute Gasteiger partial charge is 0.280 e. The molecule has 0 saturated heterocycles. The maximum Gasteiger partial charge on any atom is 0.280 e. The molecule has 0 radical (unpaired) electrons. The Morgan fingerprint density at radius 3 is 2.26 bits per heavy atom. The topological polar surface area (TPSA) is 106 Å². The van der Waals surface area contributed by atoms with Gasteiger partial charge in [-0.2, -0.15) is 0 Å². The first-order valence-corrected chi connectivity index (χ1v) is 12.4. The van der Waals surface area contributed by atoms with E-state index in [-0.39, 0.29) is 10.5 Å². The molecule has 1 aromatic heterocycles. The second-order valence-corrected chi connectivity index (χ2v) is 9.83. The molecule has 0 aliphatic rings. The summed E-state index contributed by atoms with van der Waals surface area (Å²) >= 11 is 0. The SMILES string of the molecule is COc1ccc(NS(=O)(=O)c2ccc(N=Cc3c(C)[nH]n(-c4ccc(C)c(C)c4)c3=O)cc2)cc1. The normalized spacial score (nSPS) is 11.7. The third-order valence-electron chi connectivity index (χ3n) is 5.70. The molecular weight excluding hydrogens is 464 g/mol. The van der Waals surface area contributed by atoms with Crippen LogP contribution in [0, 0.1) is 20.8 Å². The lowest BCUT2D eigenvalue weighted by molar-refractivity contribution is 0.415. The van der Waals surface area contributed by atoms with Gasteiger partial charge in [-0.25, -0.2) is 13.1 Å². The van der Waals surface area contributed by atoms with Gasteiger partial charge in [0.15, 0.2) is 0 Å². The zero-order valence-corrected chi connectivity index (χ0v) is 20.7. The monoisotopic (exact) mass is 490 g/mol. The number of methoxy groups -OCH3 is 1. The van der Waals surface area contributed by atoms with Crippen molar-refractivity contribution in [2.45, 2.75) is 25.7 Å². The fourth-order valence-corrected chi connectivity index (χ4v) is 4.54. The van der Waals surface area contributed by atoms with E-state index in [1.54, 1.807) is 50.4 Å². The van der Waals surface area contributed by atoms with Crippen molar-refractivity contribution in [2.75, 3.05) is 11.8 Å². The number of nitrogens with zero attached hydrogens (tertiary/aromatic N) is 2. The highest BCUT2D eigenvalue weighted by molar-refractivity contribution is 7.92. The van der Waals surface area contributed by atoms with Crippen LogP contribution in [0.2, 0.25) is 0 Å². The van der Waals surface area contributed by atoms with Gasteiger partial charge in [0.2, 0.25) is 0 Å². The number of benzene rings is 3. The van der Waals surface area contributed by atoms with Crippen LogP contribution in [0.5, 0.6) is 5.75 Å². The first-order valence-electron chi connectivity index (χ1n) is 10.9. The largest absolute Gasteiger partial charge is 0.497 e. The Balaban J connectivity index is 1.53. The first kappa shape index (κ1) is 24.0. The van der Waals surface area contributed by atoms with E-state index in [2.05, 4.69) is 14.8 Å². The fraction of sp³-hybridized carbons (Fsp3) is 0.154. The number of hydrogen-bond acceptors (Lipinski definition) is 5. The Morgan fingerprint density at radius 1 is 0.943 bits per heavy atom. The quantitative estimate of drug-likeness (QED) is 0.368. The maximum atomic E-state index is 13.0. The van der Waals surface area contributed by atoms with Crippen molar-refractivity contribution >= 4 is 27.6 Å². The Bertz CT molecular complexity index is 1550. The lowest BCUT2D eigenvalue weighted by atomic mass is 10.1. The van der Waals surface area contributed by atoms with Gasteiger partial charge in [-0.1, -0.05) is 6.07 Å². The molecule has 180 valence electrons. The van der Waals surface area contributed by atoms with E-state index in [0.29, 0.717) is 28.4 Å². The van der Waals surface area contributed by atoms with E-state index < -0.39 is 10.0 Å². The minimum atomic E-state index is -3.77. The summed E-state index contributed by atoms with van der Waals surface area (Å²) < 4.78 is 34.5. The van der Waals surface area contributed by atoms with Crippen molar-refractivity contribution < 1.29 is 13.2 Å². The van der Waals surface area contributed by atoms with Gasteiger partial charge < -0.3 is 4.74 Å². The molecule has 0 amide bonds. The average Bonchev–Trinajstić information content (AvgIpc) is 3.13. The van der Waals surface area contributed by atoms with Gasteiger partial charge in [0.05, 0.1) is 28.9 Å². The Kier molecular flexibility index (Phi) is 6.61. The number of anilines is 1. The van der Waals surface area contributed by atoms with Crippen molar-refractivity contribution in [3.8, 4) is 11.4 Å². The predicted octanol–water partition coefficient (Wildman–Crippen LogP) is 4.65. The molecule has 0 aliphatic heterocycles. The number of ether oxygens (including phenoxy) is 1. The van der Waals surface area contributed by atoms with Gasteiger partial charge in [0.25, 0.3) is 15.6 Å². The Morgan fingerprint density at radius 2 is 1.63 bits per heavy atom. The third-order valence-corrected chi connectivity index (χ3v) is 7.09. The van der Waals surface area contributed by atoms with Crippen LogP contribution < -0.4 is 15.0 Å². The van der Waals surface area contributed by atoms with Crippen LogP contribution in [0.25, 0.3) is 5.69 Å². The van der Waals surface area contributed by atoms with Crippen LogP contribution in [-0.2, 0) is 10.0 Å². The van der Waals surface area contributed by atoms with E-state index in [1.165, 1.54) is 23.0 Å². The van der Waals surface area contributed by atoms with Crippen LogP contribution in [-0.4, -0.2) is 31.5 Å². The molecule has 4 aromatic rings. The summed E-state index contributed by atoms with van der Waals surface area (Å²) in [6.45, 7) is 5.82. The van der Waals surface area contributed by atoms with Crippen LogP contribution in [0.4, 0.5) is 11.4 Å². The minimum Gasteiger partial charge on any atom is -0.497 e.